The van der Waals surface area contributed by atoms with E-state index in [0.717, 1.165) is 22.6 Å². The lowest BCUT2D eigenvalue weighted by atomic mass is 9.77. The Hall–Kier alpha value is -2.76. The Balaban J connectivity index is 2.02. The van der Waals surface area contributed by atoms with Crippen LogP contribution < -0.4 is 16.2 Å². The maximum Gasteiger partial charge on any atom is 0.283 e. The number of nitrogen functional groups attached to an aromatic ring is 1. The third kappa shape index (κ3) is 2.10. The number of amidine groups is 1. The van der Waals surface area contributed by atoms with Crippen molar-refractivity contribution in [1.82, 2.24) is 4.98 Å². The molecule has 2 aliphatic rings. The molecule has 1 aromatic heterocycles. The summed E-state index contributed by atoms with van der Waals surface area (Å²) >= 11 is 0. The summed E-state index contributed by atoms with van der Waals surface area (Å²) in [5.41, 5.74) is 14.8. The predicted octanol–water partition coefficient (Wildman–Crippen LogP) is 2.87. The van der Waals surface area contributed by atoms with Crippen molar-refractivity contribution < 1.29 is 9.47 Å². The van der Waals surface area contributed by atoms with Gasteiger partial charge in [-0.2, -0.15) is 0 Å². The maximum absolute atomic E-state index is 6.06. The molecule has 1 spiro atoms. The average Bonchev–Trinajstić information content (AvgIpc) is 2.56. The molecular weight excluding hydrogens is 304 g/mol. The van der Waals surface area contributed by atoms with Gasteiger partial charge >= 0.3 is 0 Å². The van der Waals surface area contributed by atoms with Crippen LogP contribution in [0.4, 0.5) is 5.69 Å². The second-order valence-corrected chi connectivity index (χ2v) is 6.53. The van der Waals surface area contributed by atoms with Gasteiger partial charge in [0.15, 0.2) is 5.75 Å². The Labute approximate surface area is 140 Å². The van der Waals surface area contributed by atoms with Gasteiger partial charge < -0.3 is 20.9 Å². The summed E-state index contributed by atoms with van der Waals surface area (Å²) in [5, 5.41) is 0. The Morgan fingerprint density at radius 3 is 2.67 bits per heavy atom. The van der Waals surface area contributed by atoms with E-state index in [-0.39, 0.29) is 6.02 Å². The van der Waals surface area contributed by atoms with E-state index >= 15 is 0 Å². The van der Waals surface area contributed by atoms with Crippen molar-refractivity contribution in [3.63, 3.8) is 0 Å². The molecule has 0 fully saturated rings. The molecular formula is C18H20N4O2. The summed E-state index contributed by atoms with van der Waals surface area (Å²) in [6.07, 6.45) is 2.44. The number of fused-ring (bicyclic) bond motifs is 4. The molecule has 2 aromatic rings. The summed E-state index contributed by atoms with van der Waals surface area (Å²) < 4.78 is 11.4. The van der Waals surface area contributed by atoms with Gasteiger partial charge in [-0.3, -0.25) is 4.98 Å². The van der Waals surface area contributed by atoms with E-state index in [2.05, 4.69) is 24.9 Å². The van der Waals surface area contributed by atoms with Crippen LogP contribution in [0.1, 0.15) is 43.0 Å². The number of hydrogen-bond acceptors (Lipinski definition) is 6. The van der Waals surface area contributed by atoms with Crippen LogP contribution >= 0.6 is 0 Å². The first kappa shape index (κ1) is 14.8. The number of aromatic nitrogens is 1. The second kappa shape index (κ2) is 5.12. The molecule has 0 saturated carbocycles. The molecule has 24 heavy (non-hydrogen) atoms. The Morgan fingerprint density at radius 1 is 1.12 bits per heavy atom. The van der Waals surface area contributed by atoms with Crippen LogP contribution in [0.2, 0.25) is 0 Å². The minimum absolute atomic E-state index is 0.186. The minimum Gasteiger partial charge on any atom is -0.465 e. The Morgan fingerprint density at radius 2 is 1.92 bits per heavy atom. The van der Waals surface area contributed by atoms with Crippen LogP contribution in [0.5, 0.6) is 11.5 Å². The van der Waals surface area contributed by atoms with Gasteiger partial charge in [0.2, 0.25) is 0 Å². The Bertz CT molecular complexity index is 847. The van der Waals surface area contributed by atoms with E-state index in [0.29, 0.717) is 30.4 Å². The van der Waals surface area contributed by atoms with E-state index in [1.165, 1.54) is 0 Å². The molecule has 4 N–H and O–H groups in total. The molecule has 1 aromatic carbocycles. The molecule has 124 valence electrons. The van der Waals surface area contributed by atoms with Gasteiger partial charge in [0.05, 0.1) is 12.8 Å². The van der Waals surface area contributed by atoms with Gasteiger partial charge in [0.25, 0.3) is 6.02 Å². The van der Waals surface area contributed by atoms with Crippen molar-refractivity contribution in [2.24, 2.45) is 10.7 Å². The average molecular weight is 324 g/mol. The zero-order valence-electron chi connectivity index (χ0n) is 13.7. The van der Waals surface area contributed by atoms with Gasteiger partial charge in [-0.25, -0.2) is 4.99 Å². The van der Waals surface area contributed by atoms with Gasteiger partial charge in [-0.05, 0) is 30.2 Å². The van der Waals surface area contributed by atoms with Gasteiger partial charge in [0, 0.05) is 28.9 Å². The van der Waals surface area contributed by atoms with Gasteiger partial charge in [-0.1, -0.05) is 13.8 Å². The molecule has 3 heterocycles. The van der Waals surface area contributed by atoms with Crippen LogP contribution in [0.3, 0.4) is 0 Å². The van der Waals surface area contributed by atoms with Crippen LogP contribution in [-0.4, -0.2) is 17.6 Å². The second-order valence-electron chi connectivity index (χ2n) is 6.53. The highest BCUT2D eigenvalue weighted by Gasteiger charge is 2.45. The van der Waals surface area contributed by atoms with Gasteiger partial charge in [-0.15, -0.1) is 0 Å². The number of ether oxygens (including phenoxy) is 2. The number of anilines is 1. The number of benzene rings is 1. The molecule has 1 atom stereocenters. The minimum atomic E-state index is -0.646. The lowest BCUT2D eigenvalue weighted by Crippen LogP contribution is -2.38. The van der Waals surface area contributed by atoms with Crippen molar-refractivity contribution in [3.8, 4) is 11.5 Å². The van der Waals surface area contributed by atoms with Crippen LogP contribution in [0, 0.1) is 0 Å². The highest BCUT2D eigenvalue weighted by molar-refractivity contribution is 5.75. The maximum atomic E-state index is 6.06. The molecule has 0 aliphatic carbocycles. The first-order chi connectivity index (χ1) is 11.5. The Kier molecular flexibility index (Phi) is 3.16. The van der Waals surface area contributed by atoms with Crippen molar-refractivity contribution in [2.45, 2.75) is 31.7 Å². The predicted molar refractivity (Wildman–Crippen MR) is 92.2 cm³/mol. The molecule has 0 radical (unpaired) electrons. The zero-order valence-corrected chi connectivity index (χ0v) is 13.7. The first-order valence-electron chi connectivity index (χ1n) is 8.06. The summed E-state index contributed by atoms with van der Waals surface area (Å²) in [7, 11) is 0. The van der Waals surface area contributed by atoms with E-state index < -0.39 is 5.54 Å². The van der Waals surface area contributed by atoms with E-state index in [9.17, 15) is 0 Å². The highest BCUT2D eigenvalue weighted by Crippen LogP contribution is 2.52. The van der Waals surface area contributed by atoms with Crippen molar-refractivity contribution in [3.05, 3.63) is 47.3 Å². The molecule has 4 rings (SSSR count). The first-order valence-corrected chi connectivity index (χ1v) is 8.06. The van der Waals surface area contributed by atoms with E-state index in [1.54, 1.807) is 6.20 Å². The lowest BCUT2D eigenvalue weighted by molar-refractivity contribution is 0.219. The molecule has 0 bridgehead atoms. The fraction of sp³-hybridized carbons (Fsp3) is 0.333. The van der Waals surface area contributed by atoms with Crippen molar-refractivity contribution in [2.75, 3.05) is 12.3 Å². The monoisotopic (exact) mass is 324 g/mol. The number of aliphatic imine (C=N–C) groups is 1. The third-order valence-electron chi connectivity index (χ3n) is 4.61. The summed E-state index contributed by atoms with van der Waals surface area (Å²) in [5.74, 6) is 1.74. The number of pyridine rings is 1. The topological polar surface area (TPSA) is 95.8 Å². The molecule has 0 amide bonds. The fourth-order valence-electron chi connectivity index (χ4n) is 3.37. The third-order valence-corrected chi connectivity index (χ3v) is 4.61. The fourth-order valence-corrected chi connectivity index (χ4v) is 3.37. The van der Waals surface area contributed by atoms with Gasteiger partial charge in [0.1, 0.15) is 11.3 Å². The number of nitrogens with zero attached hydrogens (tertiary/aromatic N) is 2. The van der Waals surface area contributed by atoms with Crippen LogP contribution in [0.25, 0.3) is 0 Å². The van der Waals surface area contributed by atoms with Crippen molar-refractivity contribution in [1.29, 1.82) is 0 Å². The standard InChI is InChI=1S/C18H20N4O2/c1-10(2)14-8-13-16(9-21-14)24-15-4-3-11(19)7-12(15)18(13)5-6-23-17(20)22-18/h3-4,7-10H,5-6,19H2,1-2H3,(H2,20,22). The SMILES string of the molecule is CC(C)c1cc2c(cn1)Oc1ccc(N)cc1C21CCOC(N)=N1. The largest absolute Gasteiger partial charge is 0.465 e. The molecule has 0 saturated heterocycles. The van der Waals surface area contributed by atoms with Crippen LogP contribution in [0.15, 0.2) is 35.5 Å². The van der Waals surface area contributed by atoms with Crippen LogP contribution in [-0.2, 0) is 10.3 Å². The molecule has 6 nitrogen and oxygen atoms in total. The van der Waals surface area contributed by atoms with E-state index in [1.807, 2.05) is 18.2 Å². The summed E-state index contributed by atoms with van der Waals surface area (Å²) in [6.45, 7) is 4.71. The summed E-state index contributed by atoms with van der Waals surface area (Å²) in [6, 6.07) is 7.85. The molecule has 2 aliphatic heterocycles. The number of nitrogens with two attached hydrogens (primary N) is 2. The summed E-state index contributed by atoms with van der Waals surface area (Å²) in [4.78, 5) is 9.22. The normalized spacial score (nSPS) is 21.5. The van der Waals surface area contributed by atoms with E-state index in [4.69, 9.17) is 25.9 Å². The smallest absolute Gasteiger partial charge is 0.283 e. The quantitative estimate of drug-likeness (QED) is 0.786. The highest BCUT2D eigenvalue weighted by atomic mass is 16.5. The number of hydrogen-bond donors (Lipinski definition) is 2. The van der Waals surface area contributed by atoms with Crippen molar-refractivity contribution >= 4 is 11.7 Å². The lowest BCUT2D eigenvalue weighted by Gasteiger charge is -2.39. The number of rotatable bonds is 1. The molecule has 1 unspecified atom stereocenters. The zero-order chi connectivity index (χ0) is 16.9. The molecule has 6 heteroatoms.